The zero-order chi connectivity index (χ0) is 24.0. The van der Waals surface area contributed by atoms with Crippen LogP contribution in [0.2, 0.25) is 0 Å². The summed E-state index contributed by atoms with van der Waals surface area (Å²) in [6, 6.07) is 40.4. The smallest absolute Gasteiger partial charge is 0.0976 e. The van der Waals surface area contributed by atoms with E-state index in [1.807, 2.05) is 26.8 Å². The lowest BCUT2D eigenvalue weighted by Crippen LogP contribution is -2.37. The van der Waals surface area contributed by atoms with Gasteiger partial charge in [0, 0.05) is 6.04 Å². The van der Waals surface area contributed by atoms with Gasteiger partial charge in [0.1, 0.15) is 0 Å². The average Bonchev–Trinajstić information content (AvgIpc) is 2.87. The average molecular weight is 486 g/mol. The normalized spacial score (nSPS) is 13.5. The van der Waals surface area contributed by atoms with Crippen LogP contribution in [-0.4, -0.2) is 15.1 Å². The maximum Gasteiger partial charge on any atom is 0.0976 e. The van der Waals surface area contributed by atoms with Crippen LogP contribution in [0.5, 0.6) is 0 Å². The molecule has 0 saturated carbocycles. The van der Waals surface area contributed by atoms with E-state index in [0.717, 1.165) is 6.16 Å². The third-order valence-corrected chi connectivity index (χ3v) is 9.91. The highest BCUT2D eigenvalue weighted by molar-refractivity contribution is 7.84. The summed E-state index contributed by atoms with van der Waals surface area (Å²) in [6.07, 6.45) is 0.856. The summed E-state index contributed by atoms with van der Waals surface area (Å²) in [6.45, 7) is 6.06. The van der Waals surface area contributed by atoms with Gasteiger partial charge in [-0.1, -0.05) is 115 Å². The van der Waals surface area contributed by atoms with E-state index >= 15 is 0 Å². The highest BCUT2D eigenvalue weighted by atomic mass is 32.2. The minimum atomic E-state index is -1.20. The summed E-state index contributed by atoms with van der Waals surface area (Å²) < 4.78 is 16.5. The van der Waals surface area contributed by atoms with Crippen LogP contribution in [-0.2, 0) is 11.0 Å². The maximum absolute atomic E-state index is 13.4. The standard InChI is InChI=1S/C30H32NOPS/c1-30(2,3)34(32)31-29(28-22-14-13-21-27(28)24-15-7-4-8-16-24)23-33(25-17-9-5-10-18-25)26-19-11-6-12-20-26/h4-22,29,31H,23H2,1-3H3/t29-,34?/m0/s1. The van der Waals surface area contributed by atoms with E-state index in [-0.39, 0.29) is 10.8 Å². The summed E-state index contributed by atoms with van der Waals surface area (Å²) in [5.41, 5.74) is 3.54. The number of benzene rings is 4. The summed E-state index contributed by atoms with van der Waals surface area (Å²) in [7, 11) is -1.86. The second kappa shape index (κ2) is 11.2. The summed E-state index contributed by atoms with van der Waals surface area (Å²) in [5.74, 6) is 0. The minimum absolute atomic E-state index is 0.0667. The maximum atomic E-state index is 13.4. The molecule has 0 spiro atoms. The Morgan fingerprint density at radius 2 is 1.18 bits per heavy atom. The Morgan fingerprint density at radius 1 is 0.706 bits per heavy atom. The molecule has 4 rings (SSSR count). The third kappa shape index (κ3) is 6.10. The van der Waals surface area contributed by atoms with Crippen LogP contribution in [0.4, 0.5) is 0 Å². The van der Waals surface area contributed by atoms with Crippen molar-refractivity contribution in [3.05, 3.63) is 121 Å². The molecule has 0 aliphatic heterocycles. The molecule has 0 bridgehead atoms. The SMILES string of the molecule is CC(C)(C)S(=O)N[C@@H](CP(c1ccccc1)c1ccccc1)c1ccccc1-c1ccccc1. The Bertz CT molecular complexity index is 1170. The van der Waals surface area contributed by atoms with Crippen LogP contribution in [0.15, 0.2) is 115 Å². The van der Waals surface area contributed by atoms with Crippen LogP contribution in [0, 0.1) is 0 Å². The van der Waals surface area contributed by atoms with Crippen molar-refractivity contribution >= 4 is 29.5 Å². The lowest BCUT2D eigenvalue weighted by molar-refractivity contribution is 0.618. The zero-order valence-electron chi connectivity index (χ0n) is 20.0. The predicted octanol–water partition coefficient (Wildman–Crippen LogP) is 6.58. The second-order valence-corrected chi connectivity index (χ2v) is 13.5. The van der Waals surface area contributed by atoms with Gasteiger partial charge in [0.15, 0.2) is 0 Å². The molecular weight excluding hydrogens is 453 g/mol. The fourth-order valence-electron chi connectivity index (χ4n) is 3.94. The fraction of sp³-hybridized carbons (Fsp3) is 0.200. The fourth-order valence-corrected chi connectivity index (χ4v) is 7.33. The molecule has 0 radical (unpaired) electrons. The quantitative estimate of drug-likeness (QED) is 0.281. The first-order valence-corrected chi connectivity index (χ1v) is 14.3. The van der Waals surface area contributed by atoms with Gasteiger partial charge in [-0.2, -0.15) is 0 Å². The van der Waals surface area contributed by atoms with Gasteiger partial charge in [-0.15, -0.1) is 0 Å². The number of nitrogens with one attached hydrogen (secondary N) is 1. The molecule has 1 N–H and O–H groups in total. The molecule has 0 aromatic heterocycles. The van der Waals surface area contributed by atoms with Crippen molar-refractivity contribution in [1.29, 1.82) is 0 Å². The van der Waals surface area contributed by atoms with Crippen molar-refractivity contribution in [2.24, 2.45) is 0 Å². The van der Waals surface area contributed by atoms with Gasteiger partial charge in [-0.25, -0.2) is 8.93 Å². The molecule has 0 amide bonds. The van der Waals surface area contributed by atoms with Crippen LogP contribution < -0.4 is 15.3 Å². The topological polar surface area (TPSA) is 29.1 Å². The number of hydrogen-bond donors (Lipinski definition) is 1. The molecule has 0 aliphatic rings. The molecule has 1 unspecified atom stereocenters. The first kappa shape index (κ1) is 24.5. The zero-order valence-corrected chi connectivity index (χ0v) is 21.7. The van der Waals surface area contributed by atoms with Crippen molar-refractivity contribution in [2.45, 2.75) is 31.6 Å². The first-order chi connectivity index (χ1) is 16.4. The van der Waals surface area contributed by atoms with Crippen LogP contribution >= 0.6 is 7.92 Å². The summed E-state index contributed by atoms with van der Waals surface area (Å²) >= 11 is 0. The Kier molecular flexibility index (Phi) is 8.11. The van der Waals surface area contributed by atoms with Crippen LogP contribution in [0.1, 0.15) is 32.4 Å². The van der Waals surface area contributed by atoms with Gasteiger partial charge in [0.25, 0.3) is 0 Å². The van der Waals surface area contributed by atoms with Gasteiger partial charge in [-0.05, 0) is 62.2 Å². The third-order valence-electron chi connectivity index (χ3n) is 5.73. The Morgan fingerprint density at radius 3 is 1.71 bits per heavy atom. The monoisotopic (exact) mass is 485 g/mol. The molecule has 4 aromatic carbocycles. The minimum Gasteiger partial charge on any atom is -0.242 e. The molecule has 4 aromatic rings. The number of rotatable bonds is 8. The van der Waals surface area contributed by atoms with Crippen molar-refractivity contribution in [1.82, 2.24) is 4.72 Å². The Balaban J connectivity index is 1.80. The molecule has 0 fully saturated rings. The van der Waals surface area contributed by atoms with Crippen molar-refractivity contribution in [3.8, 4) is 11.1 Å². The van der Waals surface area contributed by atoms with E-state index in [1.54, 1.807) is 0 Å². The number of hydrogen-bond acceptors (Lipinski definition) is 1. The predicted molar refractivity (Wildman–Crippen MR) is 150 cm³/mol. The van der Waals surface area contributed by atoms with Gasteiger partial charge < -0.3 is 0 Å². The lowest BCUT2D eigenvalue weighted by atomic mass is 9.96. The van der Waals surface area contributed by atoms with Crippen molar-refractivity contribution in [2.75, 3.05) is 6.16 Å². The molecule has 4 heteroatoms. The molecule has 0 heterocycles. The van der Waals surface area contributed by atoms with Crippen molar-refractivity contribution in [3.63, 3.8) is 0 Å². The first-order valence-electron chi connectivity index (χ1n) is 11.6. The van der Waals surface area contributed by atoms with Gasteiger partial charge >= 0.3 is 0 Å². The molecule has 2 nitrogen and oxygen atoms in total. The molecule has 0 aliphatic carbocycles. The van der Waals surface area contributed by atoms with Crippen LogP contribution in [0.25, 0.3) is 11.1 Å². The van der Waals surface area contributed by atoms with Gasteiger partial charge in [0.2, 0.25) is 0 Å². The van der Waals surface area contributed by atoms with E-state index in [4.69, 9.17) is 0 Å². The largest absolute Gasteiger partial charge is 0.242 e. The van der Waals surface area contributed by atoms with E-state index in [1.165, 1.54) is 27.3 Å². The molecule has 0 saturated heterocycles. The lowest BCUT2D eigenvalue weighted by Gasteiger charge is -2.30. The highest BCUT2D eigenvalue weighted by Gasteiger charge is 2.28. The second-order valence-electron chi connectivity index (χ2n) is 9.29. The Hall–Kier alpha value is -2.58. The van der Waals surface area contributed by atoms with E-state index in [9.17, 15) is 4.21 Å². The molecule has 174 valence electrons. The van der Waals surface area contributed by atoms with E-state index < -0.39 is 18.9 Å². The molecule has 34 heavy (non-hydrogen) atoms. The molecular formula is C30H32NOPS. The highest BCUT2D eigenvalue weighted by Crippen LogP contribution is 2.40. The van der Waals surface area contributed by atoms with E-state index in [2.05, 4.69) is 114 Å². The summed E-state index contributed by atoms with van der Waals surface area (Å²) in [4.78, 5) is 0. The Labute approximate surface area is 207 Å². The van der Waals surface area contributed by atoms with Crippen molar-refractivity contribution < 1.29 is 4.21 Å². The molecule has 2 atom stereocenters. The van der Waals surface area contributed by atoms with E-state index in [0.29, 0.717) is 0 Å². The summed E-state index contributed by atoms with van der Waals surface area (Å²) in [5, 5.41) is 2.66. The van der Waals surface area contributed by atoms with Gasteiger partial charge in [0.05, 0.1) is 15.7 Å². The van der Waals surface area contributed by atoms with Gasteiger partial charge in [-0.3, -0.25) is 0 Å². The van der Waals surface area contributed by atoms with Crippen LogP contribution in [0.3, 0.4) is 0 Å².